The van der Waals surface area contributed by atoms with Gasteiger partial charge in [-0.25, -0.2) is 13.4 Å². The van der Waals surface area contributed by atoms with Crippen molar-refractivity contribution in [1.82, 2.24) is 4.98 Å². The first kappa shape index (κ1) is 16.1. The molecule has 2 aromatic heterocycles. The molecule has 1 atom stereocenters. The van der Waals surface area contributed by atoms with E-state index in [4.69, 9.17) is 0 Å². The molecule has 0 fully saturated rings. The van der Waals surface area contributed by atoms with Crippen molar-refractivity contribution in [1.29, 1.82) is 0 Å². The lowest BCUT2D eigenvalue weighted by Crippen LogP contribution is -2.18. The van der Waals surface area contributed by atoms with Gasteiger partial charge in [0.2, 0.25) is 5.91 Å². The van der Waals surface area contributed by atoms with E-state index < -0.39 is 9.84 Å². The summed E-state index contributed by atoms with van der Waals surface area (Å²) in [5, 5.41) is 7.15. The minimum atomic E-state index is -3.26. The topological polar surface area (TPSA) is 76.1 Å². The Bertz CT molecular complexity index is 959. The number of rotatable bonds is 4. The monoisotopic (exact) mass is 366 g/mol. The van der Waals surface area contributed by atoms with Crippen molar-refractivity contribution in [2.24, 2.45) is 0 Å². The first-order chi connectivity index (χ1) is 10.8. The Morgan fingerprint density at radius 3 is 2.74 bits per heavy atom. The van der Waals surface area contributed by atoms with E-state index >= 15 is 0 Å². The molecule has 0 spiro atoms. The third kappa shape index (κ3) is 3.44. The van der Waals surface area contributed by atoms with Crippen molar-refractivity contribution in [3.05, 3.63) is 40.6 Å². The number of aromatic nitrogens is 1. The van der Waals surface area contributed by atoms with E-state index in [9.17, 15) is 13.2 Å². The van der Waals surface area contributed by atoms with Crippen LogP contribution in [0.1, 0.15) is 18.4 Å². The summed E-state index contributed by atoms with van der Waals surface area (Å²) in [7, 11) is -3.26. The Balaban J connectivity index is 1.85. The van der Waals surface area contributed by atoms with Crippen LogP contribution in [0.4, 0.5) is 5.13 Å². The summed E-state index contributed by atoms with van der Waals surface area (Å²) in [6, 6.07) is 6.68. The fourth-order valence-electron chi connectivity index (χ4n) is 2.08. The lowest BCUT2D eigenvalue weighted by Gasteiger charge is -2.08. The minimum Gasteiger partial charge on any atom is -0.301 e. The number of carbonyl (C=O) groups is 1. The molecule has 0 saturated carbocycles. The second kappa shape index (κ2) is 6.03. The number of nitrogens with zero attached hydrogens (tertiary/aromatic N) is 1. The van der Waals surface area contributed by atoms with Gasteiger partial charge in [-0.3, -0.25) is 4.79 Å². The molecule has 2 heterocycles. The molecule has 0 aliphatic heterocycles. The maximum Gasteiger partial charge on any atom is 0.233 e. The summed E-state index contributed by atoms with van der Waals surface area (Å²) < 4.78 is 23.9. The van der Waals surface area contributed by atoms with Gasteiger partial charge in [0.05, 0.1) is 21.0 Å². The molecule has 5 nitrogen and oxygen atoms in total. The number of thiazole rings is 1. The van der Waals surface area contributed by atoms with E-state index in [0.717, 1.165) is 10.3 Å². The fraction of sp³-hybridized carbons (Fsp3) is 0.200. The van der Waals surface area contributed by atoms with Gasteiger partial charge in [0.15, 0.2) is 15.0 Å². The predicted octanol–water partition coefficient (Wildman–Crippen LogP) is 3.50. The average molecular weight is 366 g/mol. The number of sulfone groups is 1. The summed E-state index contributed by atoms with van der Waals surface area (Å²) in [6.07, 6.45) is 1.17. The van der Waals surface area contributed by atoms with Crippen molar-refractivity contribution < 1.29 is 13.2 Å². The molecule has 0 aliphatic carbocycles. The SMILES string of the molecule is CC(C(=O)Nc1nc2ccc(S(C)(=O)=O)cc2s1)c1ccsc1. The van der Waals surface area contributed by atoms with Crippen LogP contribution in [0, 0.1) is 0 Å². The highest BCUT2D eigenvalue weighted by molar-refractivity contribution is 7.90. The number of anilines is 1. The van der Waals surface area contributed by atoms with Gasteiger partial charge >= 0.3 is 0 Å². The van der Waals surface area contributed by atoms with Crippen molar-refractivity contribution in [3.8, 4) is 0 Å². The number of fused-ring (bicyclic) bond motifs is 1. The second-order valence-corrected chi connectivity index (χ2v) is 9.01. The summed E-state index contributed by atoms with van der Waals surface area (Å²) in [4.78, 5) is 16.9. The van der Waals surface area contributed by atoms with Crippen LogP contribution >= 0.6 is 22.7 Å². The Morgan fingerprint density at radius 2 is 2.09 bits per heavy atom. The van der Waals surface area contributed by atoms with E-state index in [2.05, 4.69) is 10.3 Å². The number of benzene rings is 1. The zero-order valence-corrected chi connectivity index (χ0v) is 14.9. The lowest BCUT2D eigenvalue weighted by molar-refractivity contribution is -0.117. The van der Waals surface area contributed by atoms with Gasteiger partial charge in [-0.05, 0) is 47.5 Å². The van der Waals surface area contributed by atoms with Crippen molar-refractivity contribution >= 4 is 53.8 Å². The molecule has 3 rings (SSSR count). The number of hydrogen-bond donors (Lipinski definition) is 1. The van der Waals surface area contributed by atoms with Crippen LogP contribution in [-0.4, -0.2) is 25.6 Å². The smallest absolute Gasteiger partial charge is 0.233 e. The fourth-order valence-corrected chi connectivity index (χ4v) is 4.46. The normalized spacial score (nSPS) is 13.1. The maximum absolute atomic E-state index is 12.3. The number of hydrogen-bond acceptors (Lipinski definition) is 6. The molecular weight excluding hydrogens is 352 g/mol. The van der Waals surface area contributed by atoms with E-state index in [1.807, 2.05) is 23.8 Å². The van der Waals surface area contributed by atoms with Gasteiger partial charge in [0, 0.05) is 6.26 Å². The van der Waals surface area contributed by atoms with E-state index in [1.54, 1.807) is 23.5 Å². The highest BCUT2D eigenvalue weighted by Gasteiger charge is 2.18. The van der Waals surface area contributed by atoms with Crippen molar-refractivity contribution in [3.63, 3.8) is 0 Å². The Kier molecular flexibility index (Phi) is 4.22. The van der Waals surface area contributed by atoms with Gasteiger partial charge in [-0.15, -0.1) is 0 Å². The van der Waals surface area contributed by atoms with Crippen LogP contribution < -0.4 is 5.32 Å². The minimum absolute atomic E-state index is 0.134. The molecule has 120 valence electrons. The van der Waals surface area contributed by atoms with Gasteiger partial charge in [0.1, 0.15) is 0 Å². The number of thiophene rings is 1. The largest absolute Gasteiger partial charge is 0.301 e. The van der Waals surface area contributed by atoms with Gasteiger partial charge in [-0.1, -0.05) is 11.3 Å². The molecule has 1 amide bonds. The van der Waals surface area contributed by atoms with Crippen molar-refractivity contribution in [2.75, 3.05) is 11.6 Å². The standard InChI is InChI=1S/C15H14N2O3S3/c1-9(10-5-6-21-8-10)14(18)17-15-16-12-4-3-11(23(2,19)20)7-13(12)22-15/h3-9H,1-2H3,(H,16,17,18). The van der Waals surface area contributed by atoms with Crippen LogP contribution in [0.2, 0.25) is 0 Å². The number of amides is 1. The third-order valence-electron chi connectivity index (χ3n) is 3.45. The predicted molar refractivity (Wildman–Crippen MR) is 94.1 cm³/mol. The van der Waals surface area contributed by atoms with Crippen LogP contribution in [-0.2, 0) is 14.6 Å². The molecule has 3 aromatic rings. The maximum atomic E-state index is 12.3. The molecule has 1 unspecified atom stereocenters. The van der Waals surface area contributed by atoms with Gasteiger partial charge in [-0.2, -0.15) is 11.3 Å². The highest BCUT2D eigenvalue weighted by Crippen LogP contribution is 2.29. The summed E-state index contributed by atoms with van der Waals surface area (Å²) >= 11 is 2.82. The van der Waals surface area contributed by atoms with Crippen LogP contribution in [0.25, 0.3) is 10.2 Å². The van der Waals surface area contributed by atoms with Crippen LogP contribution in [0.15, 0.2) is 39.9 Å². The quantitative estimate of drug-likeness (QED) is 0.767. The first-order valence-corrected chi connectivity index (χ1v) is 10.4. The lowest BCUT2D eigenvalue weighted by atomic mass is 10.0. The summed E-state index contributed by atoms with van der Waals surface area (Å²) in [5.41, 5.74) is 1.63. The molecular formula is C15H14N2O3S3. The number of carbonyl (C=O) groups excluding carboxylic acids is 1. The van der Waals surface area contributed by atoms with Gasteiger partial charge in [0.25, 0.3) is 0 Å². The first-order valence-electron chi connectivity index (χ1n) is 6.78. The van der Waals surface area contributed by atoms with Crippen LogP contribution in [0.5, 0.6) is 0 Å². The molecule has 1 N–H and O–H groups in total. The Hall–Kier alpha value is -1.77. The molecule has 0 aliphatic rings. The molecule has 0 radical (unpaired) electrons. The summed E-state index contributed by atoms with van der Waals surface area (Å²) in [6.45, 7) is 1.84. The second-order valence-electron chi connectivity index (χ2n) is 5.19. The number of nitrogens with one attached hydrogen (secondary N) is 1. The third-order valence-corrected chi connectivity index (χ3v) is 6.20. The van der Waals surface area contributed by atoms with E-state index in [1.165, 1.54) is 23.7 Å². The molecule has 1 aromatic carbocycles. The average Bonchev–Trinajstić information content (AvgIpc) is 3.13. The van der Waals surface area contributed by atoms with E-state index in [0.29, 0.717) is 10.6 Å². The summed E-state index contributed by atoms with van der Waals surface area (Å²) in [5.74, 6) is -0.398. The Morgan fingerprint density at radius 1 is 1.30 bits per heavy atom. The zero-order chi connectivity index (χ0) is 16.6. The van der Waals surface area contributed by atoms with E-state index in [-0.39, 0.29) is 16.7 Å². The van der Waals surface area contributed by atoms with Crippen molar-refractivity contribution in [2.45, 2.75) is 17.7 Å². The molecule has 0 bridgehead atoms. The van der Waals surface area contributed by atoms with Gasteiger partial charge < -0.3 is 5.32 Å². The molecule has 0 saturated heterocycles. The highest BCUT2D eigenvalue weighted by atomic mass is 32.2. The molecule has 23 heavy (non-hydrogen) atoms. The zero-order valence-electron chi connectivity index (χ0n) is 12.4. The molecule has 8 heteroatoms. The van der Waals surface area contributed by atoms with Crippen LogP contribution in [0.3, 0.4) is 0 Å². The Labute approximate surface area is 141 Å².